The van der Waals surface area contributed by atoms with Crippen molar-refractivity contribution in [3.63, 3.8) is 0 Å². The first-order valence-corrected chi connectivity index (χ1v) is 8.23. The maximum atomic E-state index is 10.7. The molecule has 3 aromatic heterocycles. The number of aromatic nitrogens is 3. The summed E-state index contributed by atoms with van der Waals surface area (Å²) in [7, 11) is 0. The molecule has 0 aliphatic carbocycles. The number of fused-ring (bicyclic) bond motifs is 1. The Balaban J connectivity index is 1.52. The number of nitrogens with zero attached hydrogens (tertiary/aromatic N) is 4. The second-order valence-electron chi connectivity index (χ2n) is 5.02. The van der Waals surface area contributed by atoms with Crippen LogP contribution in [0.2, 0.25) is 0 Å². The number of rotatable bonds is 5. The van der Waals surface area contributed by atoms with E-state index in [4.69, 9.17) is 8.83 Å². The van der Waals surface area contributed by atoms with E-state index in [0.717, 1.165) is 15.8 Å². The Labute approximate surface area is 145 Å². The average Bonchev–Trinajstić information content (AvgIpc) is 3.29. The Morgan fingerprint density at radius 1 is 1.08 bits per heavy atom. The smallest absolute Gasteiger partial charge is 0.417 e. The zero-order valence-corrected chi connectivity index (χ0v) is 13.5. The van der Waals surface area contributed by atoms with Crippen LogP contribution in [0.25, 0.3) is 22.6 Å². The van der Waals surface area contributed by atoms with Gasteiger partial charge in [-0.2, -0.15) is 0 Å². The van der Waals surface area contributed by atoms with Gasteiger partial charge in [-0.3, -0.25) is 15.1 Å². The fourth-order valence-corrected chi connectivity index (χ4v) is 3.16. The molecule has 1 aromatic carbocycles. The minimum absolute atomic E-state index is 0.111. The van der Waals surface area contributed by atoms with Gasteiger partial charge in [0.2, 0.25) is 5.89 Å². The summed E-state index contributed by atoms with van der Waals surface area (Å²) in [6.07, 6.45) is 1.75. The summed E-state index contributed by atoms with van der Waals surface area (Å²) in [5.41, 5.74) is 0.913. The van der Waals surface area contributed by atoms with Crippen LogP contribution in [-0.4, -0.2) is 20.1 Å². The third-order valence-electron chi connectivity index (χ3n) is 3.40. The van der Waals surface area contributed by atoms with E-state index >= 15 is 0 Å². The fourth-order valence-electron chi connectivity index (χ4n) is 2.28. The molecule has 4 aromatic rings. The molecule has 9 heteroatoms. The minimum atomic E-state index is -0.621. The van der Waals surface area contributed by atoms with E-state index in [0.29, 0.717) is 11.6 Å². The molecule has 25 heavy (non-hydrogen) atoms. The number of furan rings is 1. The van der Waals surface area contributed by atoms with Crippen LogP contribution in [0.1, 0.15) is 5.89 Å². The van der Waals surface area contributed by atoms with Gasteiger partial charge in [0.05, 0.1) is 17.3 Å². The highest BCUT2D eigenvalue weighted by molar-refractivity contribution is 7.98. The predicted octanol–water partition coefficient (Wildman–Crippen LogP) is 4.08. The zero-order valence-electron chi connectivity index (χ0n) is 12.7. The SMILES string of the molecule is O=[N+]([O-])c1ccc(-c2nnc(CSc3cccc4cccnc34)o2)o1. The van der Waals surface area contributed by atoms with Gasteiger partial charge < -0.3 is 8.83 Å². The van der Waals surface area contributed by atoms with Gasteiger partial charge in [-0.25, -0.2) is 0 Å². The number of hydrogen-bond donors (Lipinski definition) is 0. The Hall–Kier alpha value is -3.20. The second kappa shape index (κ2) is 6.36. The van der Waals surface area contributed by atoms with Crippen molar-refractivity contribution in [3.05, 3.63) is 64.7 Å². The predicted molar refractivity (Wildman–Crippen MR) is 90.0 cm³/mol. The van der Waals surface area contributed by atoms with E-state index < -0.39 is 4.92 Å². The minimum Gasteiger partial charge on any atom is -0.417 e. The van der Waals surface area contributed by atoms with Gasteiger partial charge in [-0.05, 0) is 18.2 Å². The van der Waals surface area contributed by atoms with E-state index in [1.54, 1.807) is 6.20 Å². The van der Waals surface area contributed by atoms with Crippen LogP contribution in [0.15, 0.2) is 62.4 Å². The maximum absolute atomic E-state index is 10.7. The van der Waals surface area contributed by atoms with Crippen molar-refractivity contribution in [2.75, 3.05) is 0 Å². The molecule has 3 heterocycles. The molecule has 0 N–H and O–H groups in total. The molecule has 0 radical (unpaired) electrons. The molecule has 0 bridgehead atoms. The molecule has 0 saturated heterocycles. The van der Waals surface area contributed by atoms with Crippen molar-refractivity contribution in [2.45, 2.75) is 10.6 Å². The van der Waals surface area contributed by atoms with Gasteiger partial charge in [-0.15, -0.1) is 22.0 Å². The van der Waals surface area contributed by atoms with Crippen LogP contribution in [0.5, 0.6) is 0 Å². The highest BCUT2D eigenvalue weighted by Crippen LogP contribution is 2.30. The number of nitro groups is 1. The number of para-hydroxylation sites is 1. The summed E-state index contributed by atoms with van der Waals surface area (Å²) in [4.78, 5) is 15.4. The standard InChI is InChI=1S/C16H10N4O4S/c21-20(22)14-7-6-11(23-14)16-19-18-13(24-16)9-25-12-5-1-3-10-4-2-8-17-15(10)12/h1-8H,9H2. The van der Waals surface area contributed by atoms with Crippen LogP contribution in [0.4, 0.5) is 5.88 Å². The quantitative estimate of drug-likeness (QED) is 0.300. The molecule has 0 amide bonds. The van der Waals surface area contributed by atoms with Crippen LogP contribution in [0.3, 0.4) is 0 Å². The molecule has 0 aliphatic rings. The molecule has 124 valence electrons. The first-order chi connectivity index (χ1) is 12.2. The molecular formula is C16H10N4O4S. The van der Waals surface area contributed by atoms with Gasteiger partial charge in [0, 0.05) is 16.5 Å². The normalized spacial score (nSPS) is 11.0. The summed E-state index contributed by atoms with van der Waals surface area (Å²) in [5.74, 6) is 0.755. The fraction of sp³-hybridized carbons (Fsp3) is 0.0625. The molecule has 4 rings (SSSR count). The Kier molecular flexibility index (Phi) is 3.90. The lowest BCUT2D eigenvalue weighted by Gasteiger charge is -2.03. The third-order valence-corrected chi connectivity index (χ3v) is 4.43. The Morgan fingerprint density at radius 2 is 1.96 bits per heavy atom. The second-order valence-corrected chi connectivity index (χ2v) is 6.03. The van der Waals surface area contributed by atoms with Crippen molar-refractivity contribution >= 4 is 28.5 Å². The molecular weight excluding hydrogens is 344 g/mol. The van der Waals surface area contributed by atoms with Crippen LogP contribution in [0, 0.1) is 10.1 Å². The summed E-state index contributed by atoms with van der Waals surface area (Å²) in [6.45, 7) is 0. The third kappa shape index (κ3) is 3.09. The molecule has 8 nitrogen and oxygen atoms in total. The lowest BCUT2D eigenvalue weighted by molar-refractivity contribution is -0.401. The topological polar surface area (TPSA) is 108 Å². The molecule has 0 atom stereocenters. The summed E-state index contributed by atoms with van der Waals surface area (Å²) >= 11 is 1.52. The van der Waals surface area contributed by atoms with Crippen molar-refractivity contribution in [2.24, 2.45) is 0 Å². The Bertz CT molecular complexity index is 1050. The van der Waals surface area contributed by atoms with Gasteiger partial charge in [0.15, 0.2) is 5.76 Å². The maximum Gasteiger partial charge on any atom is 0.433 e. The van der Waals surface area contributed by atoms with Crippen LogP contribution >= 0.6 is 11.8 Å². The van der Waals surface area contributed by atoms with Crippen molar-refractivity contribution < 1.29 is 13.8 Å². The van der Waals surface area contributed by atoms with E-state index in [2.05, 4.69) is 15.2 Å². The molecule has 0 spiro atoms. The highest BCUT2D eigenvalue weighted by atomic mass is 32.2. The number of pyridine rings is 1. The molecule has 0 aliphatic heterocycles. The first kappa shape index (κ1) is 15.3. The molecule has 0 unspecified atom stereocenters. The van der Waals surface area contributed by atoms with Crippen molar-refractivity contribution in [3.8, 4) is 11.7 Å². The zero-order chi connectivity index (χ0) is 17.2. The lowest BCUT2D eigenvalue weighted by atomic mass is 10.2. The summed E-state index contributed by atoms with van der Waals surface area (Å²) in [6, 6.07) is 12.5. The van der Waals surface area contributed by atoms with Crippen molar-refractivity contribution in [1.82, 2.24) is 15.2 Å². The van der Waals surface area contributed by atoms with Crippen LogP contribution in [-0.2, 0) is 5.75 Å². The number of hydrogen-bond acceptors (Lipinski definition) is 8. The largest absolute Gasteiger partial charge is 0.433 e. The molecule has 0 saturated carbocycles. The molecule has 0 fully saturated rings. The average molecular weight is 354 g/mol. The summed E-state index contributed by atoms with van der Waals surface area (Å²) in [5, 5.41) is 19.5. The van der Waals surface area contributed by atoms with Gasteiger partial charge in [0.1, 0.15) is 4.92 Å². The van der Waals surface area contributed by atoms with Gasteiger partial charge >= 0.3 is 5.88 Å². The van der Waals surface area contributed by atoms with Gasteiger partial charge in [0.25, 0.3) is 5.89 Å². The van der Waals surface area contributed by atoms with Crippen LogP contribution < -0.4 is 0 Å². The number of thioether (sulfide) groups is 1. The van der Waals surface area contributed by atoms with E-state index in [9.17, 15) is 10.1 Å². The van der Waals surface area contributed by atoms with Gasteiger partial charge in [-0.1, -0.05) is 18.2 Å². The van der Waals surface area contributed by atoms with E-state index in [1.807, 2.05) is 30.3 Å². The Morgan fingerprint density at radius 3 is 2.80 bits per heavy atom. The summed E-state index contributed by atoms with van der Waals surface area (Å²) < 4.78 is 10.6. The lowest BCUT2D eigenvalue weighted by Crippen LogP contribution is -1.84. The van der Waals surface area contributed by atoms with Crippen molar-refractivity contribution in [1.29, 1.82) is 0 Å². The number of benzene rings is 1. The van der Waals surface area contributed by atoms with E-state index in [-0.39, 0.29) is 17.5 Å². The van der Waals surface area contributed by atoms with E-state index in [1.165, 1.54) is 23.9 Å². The monoisotopic (exact) mass is 354 g/mol. The highest BCUT2D eigenvalue weighted by Gasteiger charge is 2.18. The first-order valence-electron chi connectivity index (χ1n) is 7.24.